The number of ether oxygens (including phenoxy) is 2. The molecule has 184 valence electrons. The van der Waals surface area contributed by atoms with Gasteiger partial charge in [-0.3, -0.25) is 9.59 Å². The van der Waals surface area contributed by atoms with Crippen molar-refractivity contribution in [1.82, 2.24) is 0 Å². The zero-order valence-electron chi connectivity index (χ0n) is 20.8. The third-order valence-electron chi connectivity index (χ3n) is 5.27. The summed E-state index contributed by atoms with van der Waals surface area (Å²) in [7, 11) is 0. The first-order chi connectivity index (χ1) is 17.3. The van der Waals surface area contributed by atoms with E-state index in [-0.39, 0.29) is 18.1 Å². The van der Waals surface area contributed by atoms with Gasteiger partial charge in [0.05, 0.1) is 6.61 Å². The second-order valence-corrected chi connectivity index (χ2v) is 8.28. The van der Waals surface area contributed by atoms with E-state index in [1.165, 1.54) is 6.08 Å². The fraction of sp³-hybridized carbons (Fsp3) is 0.207. The minimum Gasteiger partial charge on any atom is -0.490 e. The van der Waals surface area contributed by atoms with Crippen LogP contribution in [0.3, 0.4) is 0 Å². The molecule has 7 heteroatoms. The molecule has 0 aromatic heterocycles. The van der Waals surface area contributed by atoms with E-state index in [9.17, 15) is 14.9 Å². The van der Waals surface area contributed by atoms with Crippen LogP contribution in [0.15, 0.2) is 66.2 Å². The number of nitrogens with one attached hydrogen (secondary N) is 2. The minimum atomic E-state index is -0.511. The molecular weight excluding hydrogens is 454 g/mol. The molecule has 0 radical (unpaired) electrons. The summed E-state index contributed by atoms with van der Waals surface area (Å²) in [6, 6.07) is 20.0. The SMILES string of the molecule is CCOc1cc(/C=C(/C#N)C(=O)Nc2ccc(C)cc2)ccc1OCC(=O)Nc1ccc(C)cc1C. The van der Waals surface area contributed by atoms with Crippen LogP contribution in [-0.2, 0) is 9.59 Å². The summed E-state index contributed by atoms with van der Waals surface area (Å²) in [6.07, 6.45) is 1.47. The topological polar surface area (TPSA) is 100 Å². The Morgan fingerprint density at radius 3 is 2.28 bits per heavy atom. The quantitative estimate of drug-likeness (QED) is 0.306. The Labute approximate surface area is 211 Å². The van der Waals surface area contributed by atoms with Crippen LogP contribution >= 0.6 is 0 Å². The fourth-order valence-electron chi connectivity index (χ4n) is 3.44. The smallest absolute Gasteiger partial charge is 0.266 e. The second kappa shape index (κ2) is 12.2. The van der Waals surface area contributed by atoms with Crippen LogP contribution in [0.5, 0.6) is 11.5 Å². The lowest BCUT2D eigenvalue weighted by Crippen LogP contribution is -2.21. The highest BCUT2D eigenvalue weighted by atomic mass is 16.5. The first-order valence-electron chi connectivity index (χ1n) is 11.6. The van der Waals surface area contributed by atoms with Gasteiger partial charge in [0, 0.05) is 11.4 Å². The summed E-state index contributed by atoms with van der Waals surface area (Å²) in [5, 5.41) is 15.1. The molecule has 3 rings (SSSR count). The highest BCUT2D eigenvalue weighted by molar-refractivity contribution is 6.09. The number of hydrogen-bond donors (Lipinski definition) is 2. The molecule has 36 heavy (non-hydrogen) atoms. The highest BCUT2D eigenvalue weighted by Gasteiger charge is 2.13. The van der Waals surface area contributed by atoms with E-state index < -0.39 is 5.91 Å². The number of hydrogen-bond acceptors (Lipinski definition) is 5. The Morgan fingerprint density at radius 2 is 1.61 bits per heavy atom. The molecule has 0 heterocycles. The molecule has 0 spiro atoms. The Kier molecular flexibility index (Phi) is 8.84. The number of carbonyl (C=O) groups excluding carboxylic acids is 2. The van der Waals surface area contributed by atoms with E-state index in [0.29, 0.717) is 29.4 Å². The van der Waals surface area contributed by atoms with E-state index in [1.807, 2.05) is 64.1 Å². The Bertz CT molecular complexity index is 1320. The molecular formula is C29H29N3O4. The molecule has 0 fully saturated rings. The first-order valence-corrected chi connectivity index (χ1v) is 11.6. The van der Waals surface area contributed by atoms with Gasteiger partial charge in [-0.05, 0) is 75.2 Å². The third-order valence-corrected chi connectivity index (χ3v) is 5.27. The first kappa shape index (κ1) is 26.0. The van der Waals surface area contributed by atoms with Crippen LogP contribution in [0.4, 0.5) is 11.4 Å². The van der Waals surface area contributed by atoms with Crippen LogP contribution in [0, 0.1) is 32.1 Å². The molecule has 0 aliphatic rings. The average Bonchev–Trinajstić information content (AvgIpc) is 2.85. The van der Waals surface area contributed by atoms with Gasteiger partial charge in [-0.25, -0.2) is 0 Å². The monoisotopic (exact) mass is 483 g/mol. The summed E-state index contributed by atoms with van der Waals surface area (Å²) in [5.41, 5.74) is 5.01. The van der Waals surface area contributed by atoms with Crippen LogP contribution in [-0.4, -0.2) is 25.0 Å². The Balaban J connectivity index is 1.70. The fourth-order valence-corrected chi connectivity index (χ4v) is 3.44. The van der Waals surface area contributed by atoms with Gasteiger partial charge in [0.25, 0.3) is 11.8 Å². The van der Waals surface area contributed by atoms with Crippen molar-refractivity contribution in [2.24, 2.45) is 0 Å². The summed E-state index contributed by atoms with van der Waals surface area (Å²) in [6.45, 7) is 7.87. The van der Waals surface area contributed by atoms with Crippen LogP contribution < -0.4 is 20.1 Å². The van der Waals surface area contributed by atoms with Crippen molar-refractivity contribution >= 4 is 29.3 Å². The molecule has 7 nitrogen and oxygen atoms in total. The van der Waals surface area contributed by atoms with E-state index in [4.69, 9.17) is 9.47 Å². The number of benzene rings is 3. The normalized spacial score (nSPS) is 10.8. The maximum absolute atomic E-state index is 12.6. The summed E-state index contributed by atoms with van der Waals surface area (Å²) >= 11 is 0. The number of rotatable bonds is 9. The number of anilines is 2. The van der Waals surface area contributed by atoms with Gasteiger partial charge in [0.15, 0.2) is 18.1 Å². The molecule has 0 aliphatic carbocycles. The molecule has 0 unspecified atom stereocenters. The van der Waals surface area contributed by atoms with Crippen molar-refractivity contribution in [3.05, 3.63) is 88.5 Å². The molecule has 0 atom stereocenters. The standard InChI is InChI=1S/C29H29N3O4/c1-5-35-27-16-22(15-23(17-30)29(34)31-24-10-6-19(2)7-11-24)9-13-26(27)36-18-28(33)32-25-12-8-20(3)14-21(25)4/h6-16H,5,18H2,1-4H3,(H,31,34)(H,32,33)/b23-15-. The van der Waals surface area contributed by atoms with Gasteiger partial charge >= 0.3 is 0 Å². The largest absolute Gasteiger partial charge is 0.490 e. The second-order valence-electron chi connectivity index (χ2n) is 8.28. The summed E-state index contributed by atoms with van der Waals surface area (Å²) in [4.78, 5) is 25.0. The van der Waals surface area contributed by atoms with Crippen molar-refractivity contribution in [1.29, 1.82) is 5.26 Å². The molecule has 3 aromatic rings. The molecule has 0 aliphatic heterocycles. The van der Waals surface area contributed by atoms with E-state index in [0.717, 1.165) is 22.4 Å². The number of nitrogens with zero attached hydrogens (tertiary/aromatic N) is 1. The van der Waals surface area contributed by atoms with Gasteiger partial charge in [-0.1, -0.05) is 41.5 Å². The van der Waals surface area contributed by atoms with Gasteiger partial charge in [-0.15, -0.1) is 0 Å². The third kappa shape index (κ3) is 7.21. The maximum Gasteiger partial charge on any atom is 0.266 e. The van der Waals surface area contributed by atoms with Crippen molar-refractivity contribution in [3.8, 4) is 17.6 Å². The Hall–Kier alpha value is -4.57. The highest BCUT2D eigenvalue weighted by Crippen LogP contribution is 2.29. The van der Waals surface area contributed by atoms with Gasteiger partial charge in [-0.2, -0.15) is 5.26 Å². The maximum atomic E-state index is 12.6. The van der Waals surface area contributed by atoms with Crippen LogP contribution in [0.1, 0.15) is 29.2 Å². The molecule has 0 saturated carbocycles. The average molecular weight is 484 g/mol. The Morgan fingerprint density at radius 1 is 0.889 bits per heavy atom. The van der Waals surface area contributed by atoms with Crippen molar-refractivity contribution in [2.45, 2.75) is 27.7 Å². The molecule has 2 amide bonds. The number of amides is 2. The molecule has 2 N–H and O–H groups in total. The van der Waals surface area contributed by atoms with Gasteiger partial charge < -0.3 is 20.1 Å². The summed E-state index contributed by atoms with van der Waals surface area (Å²) in [5.74, 6) is -0.0233. The lowest BCUT2D eigenvalue weighted by molar-refractivity contribution is -0.118. The number of carbonyl (C=O) groups is 2. The van der Waals surface area contributed by atoms with E-state index in [2.05, 4.69) is 10.6 Å². The van der Waals surface area contributed by atoms with Crippen molar-refractivity contribution < 1.29 is 19.1 Å². The minimum absolute atomic E-state index is 0.0560. The van der Waals surface area contributed by atoms with Gasteiger partial charge in [0.2, 0.25) is 0 Å². The van der Waals surface area contributed by atoms with E-state index >= 15 is 0 Å². The lowest BCUT2D eigenvalue weighted by Gasteiger charge is -2.14. The summed E-state index contributed by atoms with van der Waals surface area (Å²) < 4.78 is 11.4. The van der Waals surface area contributed by atoms with Crippen molar-refractivity contribution in [2.75, 3.05) is 23.8 Å². The predicted octanol–water partition coefficient (Wildman–Crippen LogP) is 5.57. The van der Waals surface area contributed by atoms with Crippen LogP contribution in [0.25, 0.3) is 6.08 Å². The lowest BCUT2D eigenvalue weighted by atomic mass is 10.1. The zero-order valence-corrected chi connectivity index (χ0v) is 20.8. The molecule has 3 aromatic carbocycles. The molecule has 0 bridgehead atoms. The number of aryl methyl sites for hydroxylation is 3. The van der Waals surface area contributed by atoms with E-state index in [1.54, 1.807) is 30.3 Å². The van der Waals surface area contributed by atoms with Crippen molar-refractivity contribution in [3.63, 3.8) is 0 Å². The van der Waals surface area contributed by atoms with Gasteiger partial charge in [0.1, 0.15) is 11.6 Å². The predicted molar refractivity (Wildman–Crippen MR) is 141 cm³/mol. The number of nitriles is 1. The molecule has 0 saturated heterocycles. The zero-order chi connectivity index (χ0) is 26.1. The van der Waals surface area contributed by atoms with Crippen LogP contribution in [0.2, 0.25) is 0 Å².